The van der Waals surface area contributed by atoms with E-state index in [-0.39, 0.29) is 38.0 Å². The van der Waals surface area contributed by atoms with Crippen molar-refractivity contribution in [3.05, 3.63) is 148 Å². The first-order valence-electron chi connectivity index (χ1n) is 18.7. The third-order valence-electron chi connectivity index (χ3n) is 9.66. The Hall–Kier alpha value is -6.27. The van der Waals surface area contributed by atoms with E-state index in [1.54, 1.807) is 0 Å². The Morgan fingerprint density at radius 2 is 1.16 bits per heavy atom. The highest BCUT2D eigenvalue weighted by atomic mass is 32.1. The maximum Gasteiger partial charge on any atom is 0.326 e. The van der Waals surface area contributed by atoms with Crippen molar-refractivity contribution in [1.29, 1.82) is 0 Å². The number of carbonyl (C=O) groups excluding carboxylic acids is 4. The highest BCUT2D eigenvalue weighted by Crippen LogP contribution is 2.20. The fourth-order valence-electron chi connectivity index (χ4n) is 6.57. The zero-order valence-corrected chi connectivity index (χ0v) is 31.6. The quantitative estimate of drug-likeness (QED) is 0.122. The van der Waals surface area contributed by atoms with E-state index < -0.39 is 47.9 Å². The summed E-state index contributed by atoms with van der Waals surface area (Å²) in [4.78, 5) is 69.0. The Kier molecular flexibility index (Phi) is 13.6. The molecule has 56 heavy (non-hydrogen) atoms. The van der Waals surface area contributed by atoms with Crippen molar-refractivity contribution in [2.24, 2.45) is 0 Å². The van der Waals surface area contributed by atoms with E-state index in [9.17, 15) is 29.1 Å². The third kappa shape index (κ3) is 11.4. The minimum atomic E-state index is -1.22. The van der Waals surface area contributed by atoms with E-state index in [1.807, 2.05) is 127 Å². The molecule has 2 aliphatic rings. The zero-order valence-electron chi connectivity index (χ0n) is 30.8. The van der Waals surface area contributed by atoms with Crippen LogP contribution in [-0.4, -0.2) is 65.4 Å². The number of aliphatic carboxylic acids is 1. The van der Waals surface area contributed by atoms with Gasteiger partial charge in [-0.3, -0.25) is 19.2 Å². The molecular formula is C44H45N5O6S. The predicted octanol–water partition coefficient (Wildman–Crippen LogP) is 4.92. The van der Waals surface area contributed by atoms with Gasteiger partial charge < -0.3 is 31.7 Å². The van der Waals surface area contributed by atoms with Crippen molar-refractivity contribution in [2.45, 2.75) is 62.7 Å². The van der Waals surface area contributed by atoms with Gasteiger partial charge in [0.15, 0.2) is 0 Å². The molecule has 3 heterocycles. The van der Waals surface area contributed by atoms with Gasteiger partial charge in [-0.05, 0) is 64.2 Å². The van der Waals surface area contributed by atoms with Crippen molar-refractivity contribution in [3.8, 4) is 11.1 Å². The first-order valence-corrected chi connectivity index (χ1v) is 19.5. The smallest absolute Gasteiger partial charge is 0.326 e. The van der Waals surface area contributed by atoms with Crippen molar-refractivity contribution in [1.82, 2.24) is 21.3 Å². The molecule has 0 saturated carbocycles. The molecule has 0 fully saturated rings. The number of carboxylic acids is 1. The van der Waals surface area contributed by atoms with Crippen LogP contribution in [0.5, 0.6) is 0 Å². The number of rotatable bonds is 8. The highest BCUT2D eigenvalue weighted by molar-refractivity contribution is 7.09. The average Bonchev–Trinajstić information content (AvgIpc) is 3.73. The van der Waals surface area contributed by atoms with Gasteiger partial charge in [-0.1, -0.05) is 103 Å². The summed E-state index contributed by atoms with van der Waals surface area (Å²) in [6.07, 6.45) is 0.929. The summed E-state index contributed by atoms with van der Waals surface area (Å²) >= 11 is 1.45. The van der Waals surface area contributed by atoms with E-state index in [1.165, 1.54) is 11.3 Å². The number of carboxylic acid groups (broad SMARTS) is 1. The fraction of sp³-hybridized carbons (Fsp3) is 0.250. The molecule has 0 saturated heterocycles. The molecule has 7 rings (SSSR count). The van der Waals surface area contributed by atoms with Gasteiger partial charge in [0.2, 0.25) is 23.6 Å². The summed E-state index contributed by atoms with van der Waals surface area (Å²) in [6.45, 7) is 0.304. The standard InChI is InChI=1S/C44H45N5O6S/c50-40-23-24-45-34-20-15-29(16-21-34)17-22-36(44(54)55)47-41(51)37(26-30-8-3-1-4-9-30)48-42(52)38(49-43(53)39(46-40)28-35-12-7-25-56-35)27-31-13-18-33(19-14-31)32-10-5-2-6-11-32/h1-16,18-21,25,36-39,45H,17,22-24,26-28H2,(H,46,50)(H,47,51)(H,48,52)(H,49,53)(H,54,55)/t36-,37+,38-,39+/m0/s1. The molecule has 1 aromatic heterocycles. The van der Waals surface area contributed by atoms with E-state index in [0.29, 0.717) is 13.0 Å². The maximum absolute atomic E-state index is 14.4. The lowest BCUT2D eigenvalue weighted by Crippen LogP contribution is -2.59. The second-order valence-corrected chi connectivity index (χ2v) is 14.8. The van der Waals surface area contributed by atoms with Crippen LogP contribution in [0.2, 0.25) is 0 Å². The number of fused-ring (bicyclic) bond motifs is 18. The number of thiophene rings is 1. The number of hydrogen-bond acceptors (Lipinski definition) is 7. The van der Waals surface area contributed by atoms with Crippen LogP contribution >= 0.6 is 11.3 Å². The van der Waals surface area contributed by atoms with Crippen LogP contribution in [0.1, 0.15) is 34.4 Å². The molecule has 12 heteroatoms. The summed E-state index contributed by atoms with van der Waals surface area (Å²) < 4.78 is 0. The fourth-order valence-corrected chi connectivity index (χ4v) is 7.32. The first-order chi connectivity index (χ1) is 27.2. The van der Waals surface area contributed by atoms with Gasteiger partial charge in [0.25, 0.3) is 0 Å². The van der Waals surface area contributed by atoms with Crippen molar-refractivity contribution >= 4 is 46.6 Å². The van der Waals surface area contributed by atoms with Crippen LogP contribution in [0, 0.1) is 0 Å². The molecule has 288 valence electrons. The van der Waals surface area contributed by atoms with Crippen LogP contribution in [0.4, 0.5) is 5.69 Å². The number of nitrogens with one attached hydrogen (secondary N) is 5. The molecule has 4 aromatic carbocycles. The van der Waals surface area contributed by atoms with Crippen molar-refractivity contribution in [2.75, 3.05) is 11.9 Å². The van der Waals surface area contributed by atoms with Gasteiger partial charge in [-0.15, -0.1) is 11.3 Å². The lowest BCUT2D eigenvalue weighted by atomic mass is 9.99. The summed E-state index contributed by atoms with van der Waals surface area (Å²) in [5, 5.41) is 26.5. The minimum Gasteiger partial charge on any atom is -0.480 e. The molecule has 6 N–H and O–H groups in total. The molecule has 0 aliphatic carbocycles. The maximum atomic E-state index is 14.4. The van der Waals surface area contributed by atoms with Crippen molar-refractivity contribution < 1.29 is 29.1 Å². The Balaban J connectivity index is 1.32. The van der Waals surface area contributed by atoms with Crippen LogP contribution < -0.4 is 26.6 Å². The topological polar surface area (TPSA) is 166 Å². The summed E-state index contributed by atoms with van der Waals surface area (Å²) in [5.74, 6) is -3.40. The van der Waals surface area contributed by atoms with E-state index >= 15 is 0 Å². The second kappa shape index (κ2) is 19.4. The third-order valence-corrected chi connectivity index (χ3v) is 10.6. The predicted molar refractivity (Wildman–Crippen MR) is 217 cm³/mol. The molecule has 0 spiro atoms. The van der Waals surface area contributed by atoms with Crippen LogP contribution in [0.3, 0.4) is 0 Å². The number of hydrogen-bond donors (Lipinski definition) is 6. The molecular weight excluding hydrogens is 727 g/mol. The minimum absolute atomic E-state index is 0.0721. The van der Waals surface area contributed by atoms with Crippen LogP contribution in [0.25, 0.3) is 11.1 Å². The van der Waals surface area contributed by atoms with E-state index in [4.69, 9.17) is 0 Å². The monoisotopic (exact) mass is 771 g/mol. The van der Waals surface area contributed by atoms with E-state index in [0.717, 1.165) is 38.4 Å². The zero-order chi connectivity index (χ0) is 39.3. The lowest BCUT2D eigenvalue weighted by Gasteiger charge is -2.26. The Bertz CT molecular complexity index is 2080. The molecule has 2 bridgehead atoms. The average molecular weight is 772 g/mol. The van der Waals surface area contributed by atoms with Crippen LogP contribution in [0.15, 0.2) is 127 Å². The van der Waals surface area contributed by atoms with Crippen LogP contribution in [-0.2, 0) is 49.7 Å². The van der Waals surface area contributed by atoms with Gasteiger partial charge in [0, 0.05) is 42.8 Å². The summed E-state index contributed by atoms with van der Waals surface area (Å²) in [6, 6.07) is 33.2. The number of anilines is 1. The molecule has 5 aromatic rings. The SMILES string of the molecule is O=C1CCNc2ccc(cc2)CC[C@@H](C(=O)O)NC(=O)[C@@H](Cc2ccccc2)NC(=O)[C@H](Cc2ccc(-c3ccccc3)cc2)NC(=O)[C@@H](Cc2cccs2)N1. The molecule has 2 aliphatic heterocycles. The van der Waals surface area contributed by atoms with Gasteiger partial charge >= 0.3 is 5.97 Å². The molecule has 0 radical (unpaired) electrons. The second-order valence-electron chi connectivity index (χ2n) is 13.8. The summed E-state index contributed by atoms with van der Waals surface area (Å²) in [7, 11) is 0. The largest absolute Gasteiger partial charge is 0.480 e. The van der Waals surface area contributed by atoms with Gasteiger partial charge in [0.1, 0.15) is 24.2 Å². The Morgan fingerprint density at radius 1 is 0.589 bits per heavy atom. The lowest BCUT2D eigenvalue weighted by molar-refractivity contribution is -0.142. The molecule has 11 nitrogen and oxygen atoms in total. The first kappa shape index (κ1) is 39.4. The normalized spacial score (nSPS) is 20.0. The number of amides is 4. The van der Waals surface area contributed by atoms with Gasteiger partial charge in [-0.2, -0.15) is 0 Å². The van der Waals surface area contributed by atoms with Gasteiger partial charge in [0.05, 0.1) is 0 Å². The van der Waals surface area contributed by atoms with Gasteiger partial charge in [-0.25, -0.2) is 4.79 Å². The molecule has 0 unspecified atom stereocenters. The number of carbonyl (C=O) groups is 5. The van der Waals surface area contributed by atoms with E-state index in [2.05, 4.69) is 26.6 Å². The molecule has 4 atom stereocenters. The van der Waals surface area contributed by atoms with Crippen molar-refractivity contribution in [3.63, 3.8) is 0 Å². The Morgan fingerprint density at radius 3 is 1.77 bits per heavy atom. The molecule has 4 amide bonds. The summed E-state index contributed by atoms with van der Waals surface area (Å²) in [5.41, 5.74) is 5.15. The number of benzene rings is 4. The number of aryl methyl sites for hydroxylation is 1. The Labute approximate surface area is 329 Å². The highest BCUT2D eigenvalue weighted by Gasteiger charge is 2.32.